The molecule has 0 radical (unpaired) electrons. The fraction of sp³-hybridized carbons (Fsp3) is 0.865. The summed E-state index contributed by atoms with van der Waals surface area (Å²) >= 11 is 0. The van der Waals surface area contributed by atoms with Gasteiger partial charge in [-0.2, -0.15) is 0 Å². The first kappa shape index (κ1) is 59.3. The van der Waals surface area contributed by atoms with Crippen molar-refractivity contribution in [1.29, 1.82) is 0 Å². The Morgan fingerprint density at radius 1 is 0.540 bits per heavy atom. The molecule has 1 amide bonds. The maximum absolute atomic E-state index is 13.1. The number of ether oxygens (including phenoxy) is 2. The van der Waals surface area contributed by atoms with Gasteiger partial charge in [0.2, 0.25) is 5.91 Å². The number of allylic oxidation sites excluding steroid dienone is 6. The minimum atomic E-state index is -1.67. The van der Waals surface area contributed by atoms with Crippen molar-refractivity contribution < 1.29 is 50.0 Å². The Bertz CT molecular complexity index is 1120. The molecular weight excluding hydrogens is 799 g/mol. The quantitative estimate of drug-likeness (QED) is 0.0216. The molecule has 9 atom stereocenters. The van der Waals surface area contributed by atoms with Crippen LogP contribution in [0.15, 0.2) is 36.5 Å². The summed E-state index contributed by atoms with van der Waals surface area (Å²) in [5.74, 6) is -0.714. The van der Waals surface area contributed by atoms with Gasteiger partial charge in [-0.3, -0.25) is 4.79 Å². The Hall–Kier alpha value is -1.67. The summed E-state index contributed by atoms with van der Waals surface area (Å²) in [6.07, 6.45) is 37.8. The maximum atomic E-state index is 13.1. The molecule has 1 fully saturated rings. The van der Waals surface area contributed by atoms with Crippen molar-refractivity contribution >= 4 is 5.91 Å². The zero-order chi connectivity index (χ0) is 46.2. The Morgan fingerprint density at radius 2 is 0.952 bits per heavy atom. The average Bonchev–Trinajstić information content (AvgIpc) is 3.28. The van der Waals surface area contributed by atoms with E-state index in [1.54, 1.807) is 0 Å². The van der Waals surface area contributed by atoms with Gasteiger partial charge < -0.3 is 50.5 Å². The molecule has 9 unspecified atom stereocenters. The lowest BCUT2D eigenvalue weighted by Crippen LogP contribution is -2.60. The Kier molecular flexibility index (Phi) is 39.3. The van der Waals surface area contributed by atoms with Gasteiger partial charge in [0.1, 0.15) is 36.6 Å². The van der Waals surface area contributed by atoms with E-state index >= 15 is 0 Å². The number of carbonyl (C=O) groups is 1. The number of hydrogen-bond acceptors (Lipinski definition) is 10. The van der Waals surface area contributed by atoms with Gasteiger partial charge in [0.25, 0.3) is 0 Å². The summed E-state index contributed by atoms with van der Waals surface area (Å²) in [5.41, 5.74) is 0. The van der Waals surface area contributed by atoms with Crippen LogP contribution >= 0.6 is 0 Å². The van der Waals surface area contributed by atoms with Crippen molar-refractivity contribution in [1.82, 2.24) is 5.32 Å². The lowest BCUT2D eigenvalue weighted by atomic mass is 9.98. The van der Waals surface area contributed by atoms with Crippen molar-refractivity contribution in [3.05, 3.63) is 36.5 Å². The molecule has 8 N–H and O–H groups in total. The molecule has 1 aliphatic rings. The van der Waals surface area contributed by atoms with Crippen LogP contribution in [0, 0.1) is 0 Å². The van der Waals surface area contributed by atoms with E-state index in [2.05, 4.69) is 55.6 Å². The molecule has 0 saturated carbocycles. The van der Waals surface area contributed by atoms with E-state index in [0.29, 0.717) is 19.3 Å². The van der Waals surface area contributed by atoms with E-state index in [9.17, 15) is 40.5 Å². The Morgan fingerprint density at radius 3 is 1.41 bits per heavy atom. The third-order valence-corrected chi connectivity index (χ3v) is 12.4. The number of unbranched alkanes of at least 4 members (excludes halogenated alkanes) is 25. The molecule has 63 heavy (non-hydrogen) atoms. The zero-order valence-corrected chi connectivity index (χ0v) is 40.1. The monoisotopic (exact) mass is 896 g/mol. The largest absolute Gasteiger partial charge is 0.394 e. The SMILES string of the molecule is CCCCCCCCCCCCCC/C=C/CC/C=C/CC/C=C/CCCC(O)C(O)C(COC1OC(CO)C(O)C(O)C1O)NC(=O)C(O)CCCCCCCCCCCCC. The molecule has 11 nitrogen and oxygen atoms in total. The van der Waals surface area contributed by atoms with Gasteiger partial charge in [0, 0.05) is 0 Å². The Labute approximate surface area is 384 Å². The van der Waals surface area contributed by atoms with Crippen LogP contribution in [0.3, 0.4) is 0 Å². The maximum Gasteiger partial charge on any atom is 0.249 e. The highest BCUT2D eigenvalue weighted by Crippen LogP contribution is 2.23. The second-order valence-electron chi connectivity index (χ2n) is 18.2. The summed E-state index contributed by atoms with van der Waals surface area (Å²) in [4.78, 5) is 13.1. The van der Waals surface area contributed by atoms with Crippen LogP contribution in [0.4, 0.5) is 0 Å². The fourth-order valence-electron chi connectivity index (χ4n) is 8.12. The van der Waals surface area contributed by atoms with Gasteiger partial charge in [0.05, 0.1) is 25.4 Å². The number of hydrogen-bond donors (Lipinski definition) is 8. The number of aliphatic hydroxyl groups is 7. The standard InChI is InChI=1S/C52H97NO10/c1-3-5-7-9-11-13-15-16-17-18-19-20-21-22-23-24-25-26-27-28-30-31-33-35-37-39-44(55)47(57)43(42-62-52-50(60)49(59)48(58)46(41-54)63-52)53-51(61)45(56)40-38-36-34-32-29-14-12-10-8-6-4-2/h22-23,26-27,31,33,43-50,52,54-60H,3-21,24-25,28-30,32,34-42H2,1-2H3,(H,53,61)/b23-22+,27-26+,33-31+. The number of carbonyl (C=O) groups excluding carboxylic acids is 1. The van der Waals surface area contributed by atoms with Crippen LogP contribution in [0.1, 0.15) is 219 Å². The van der Waals surface area contributed by atoms with Crippen LogP contribution in [0.25, 0.3) is 0 Å². The molecule has 0 aromatic heterocycles. The first-order chi connectivity index (χ1) is 30.7. The smallest absolute Gasteiger partial charge is 0.249 e. The van der Waals surface area contributed by atoms with Crippen molar-refractivity contribution in [3.8, 4) is 0 Å². The first-order valence-electron chi connectivity index (χ1n) is 25.9. The number of rotatable bonds is 43. The van der Waals surface area contributed by atoms with Gasteiger partial charge in [0.15, 0.2) is 6.29 Å². The molecule has 1 aliphatic heterocycles. The molecule has 0 spiro atoms. The minimum absolute atomic E-state index is 0.242. The minimum Gasteiger partial charge on any atom is -0.394 e. The van der Waals surface area contributed by atoms with Crippen molar-refractivity contribution in [3.63, 3.8) is 0 Å². The number of amides is 1. The molecule has 370 valence electrons. The predicted octanol–water partition coefficient (Wildman–Crippen LogP) is 9.56. The van der Waals surface area contributed by atoms with Crippen LogP contribution in [-0.4, -0.2) is 110 Å². The van der Waals surface area contributed by atoms with Gasteiger partial charge in [-0.15, -0.1) is 0 Å². The van der Waals surface area contributed by atoms with Gasteiger partial charge in [-0.1, -0.05) is 192 Å². The summed E-state index contributed by atoms with van der Waals surface area (Å²) in [6.45, 7) is 3.41. The van der Waals surface area contributed by atoms with E-state index in [0.717, 1.165) is 44.9 Å². The summed E-state index contributed by atoms with van der Waals surface area (Å²) in [7, 11) is 0. The van der Waals surface area contributed by atoms with Crippen molar-refractivity contribution in [2.75, 3.05) is 13.2 Å². The highest BCUT2D eigenvalue weighted by Gasteiger charge is 2.44. The highest BCUT2D eigenvalue weighted by atomic mass is 16.7. The molecule has 1 rings (SSSR count). The molecule has 0 bridgehead atoms. The van der Waals surface area contributed by atoms with E-state index in [1.165, 1.54) is 128 Å². The highest BCUT2D eigenvalue weighted by molar-refractivity contribution is 5.80. The van der Waals surface area contributed by atoms with E-state index in [4.69, 9.17) is 9.47 Å². The third kappa shape index (κ3) is 31.0. The molecule has 1 heterocycles. The van der Waals surface area contributed by atoms with Crippen LogP contribution in [-0.2, 0) is 14.3 Å². The summed E-state index contributed by atoms with van der Waals surface area (Å²) in [6, 6.07) is -1.19. The lowest BCUT2D eigenvalue weighted by molar-refractivity contribution is -0.303. The van der Waals surface area contributed by atoms with Crippen LogP contribution in [0.2, 0.25) is 0 Å². The normalized spacial score (nSPS) is 21.4. The zero-order valence-electron chi connectivity index (χ0n) is 40.1. The predicted molar refractivity (Wildman–Crippen MR) is 256 cm³/mol. The first-order valence-corrected chi connectivity index (χ1v) is 25.9. The fourth-order valence-corrected chi connectivity index (χ4v) is 8.12. The topological polar surface area (TPSA) is 189 Å². The molecule has 0 aromatic carbocycles. The molecule has 0 aliphatic carbocycles. The average molecular weight is 896 g/mol. The summed E-state index contributed by atoms with van der Waals surface area (Å²) < 4.78 is 11.1. The molecule has 1 saturated heterocycles. The van der Waals surface area contributed by atoms with Crippen LogP contribution in [0.5, 0.6) is 0 Å². The van der Waals surface area contributed by atoms with Crippen molar-refractivity contribution in [2.45, 2.75) is 274 Å². The third-order valence-electron chi connectivity index (χ3n) is 12.4. The second-order valence-corrected chi connectivity index (χ2v) is 18.2. The van der Waals surface area contributed by atoms with Gasteiger partial charge in [-0.05, 0) is 64.2 Å². The van der Waals surface area contributed by atoms with Crippen LogP contribution < -0.4 is 5.32 Å². The number of nitrogens with one attached hydrogen (secondary N) is 1. The molecular formula is C52H97NO10. The number of aliphatic hydroxyl groups excluding tert-OH is 7. The second kappa shape index (κ2) is 41.7. The molecule has 0 aromatic rings. The molecule has 11 heteroatoms. The van der Waals surface area contributed by atoms with Gasteiger partial charge in [-0.25, -0.2) is 0 Å². The van der Waals surface area contributed by atoms with E-state index in [-0.39, 0.29) is 12.8 Å². The van der Waals surface area contributed by atoms with Crippen molar-refractivity contribution in [2.24, 2.45) is 0 Å². The summed E-state index contributed by atoms with van der Waals surface area (Å²) in [5, 5.41) is 75.7. The van der Waals surface area contributed by atoms with E-state index in [1.807, 2.05) is 0 Å². The Balaban J connectivity index is 2.38. The van der Waals surface area contributed by atoms with Gasteiger partial charge >= 0.3 is 0 Å². The lowest BCUT2D eigenvalue weighted by Gasteiger charge is -2.40. The van der Waals surface area contributed by atoms with E-state index < -0.39 is 74.2 Å².